The maximum atomic E-state index is 12.3. The quantitative estimate of drug-likeness (QED) is 0.647. The van der Waals surface area contributed by atoms with E-state index in [-0.39, 0.29) is 29.9 Å². The molecule has 0 unspecified atom stereocenters. The molecule has 0 aliphatic rings. The number of carbonyl (C=O) groups excluding carboxylic acids is 2. The number of para-hydroxylation sites is 1. The molecule has 2 aromatic rings. The van der Waals surface area contributed by atoms with E-state index in [9.17, 15) is 9.59 Å². The summed E-state index contributed by atoms with van der Waals surface area (Å²) in [6.45, 7) is 5.87. The van der Waals surface area contributed by atoms with Crippen LogP contribution in [-0.4, -0.2) is 32.7 Å². The molecule has 0 fully saturated rings. The fraction of sp³-hybridized carbons (Fsp3) is 0.391. The molecular weight excluding hydrogens is 370 g/mol. The number of esters is 1. The van der Waals surface area contributed by atoms with E-state index in [4.69, 9.17) is 14.2 Å². The third-order valence-electron chi connectivity index (χ3n) is 4.46. The van der Waals surface area contributed by atoms with Crippen LogP contribution in [0.25, 0.3) is 0 Å². The van der Waals surface area contributed by atoms with Gasteiger partial charge in [-0.2, -0.15) is 0 Å². The summed E-state index contributed by atoms with van der Waals surface area (Å²) >= 11 is 0. The van der Waals surface area contributed by atoms with Gasteiger partial charge in [-0.1, -0.05) is 44.2 Å². The number of nitrogens with one attached hydrogen (secondary N) is 1. The lowest BCUT2D eigenvalue weighted by atomic mass is 10.00. The zero-order chi connectivity index (χ0) is 21.4. The first-order chi connectivity index (χ1) is 13.8. The smallest absolute Gasteiger partial charge is 0.342 e. The number of benzene rings is 2. The van der Waals surface area contributed by atoms with Crippen LogP contribution in [0, 0.1) is 5.92 Å². The zero-order valence-corrected chi connectivity index (χ0v) is 17.7. The maximum Gasteiger partial charge on any atom is 0.342 e. The Bertz CT molecular complexity index is 830. The fourth-order valence-corrected chi connectivity index (χ4v) is 3.04. The van der Waals surface area contributed by atoms with Gasteiger partial charge in [0.2, 0.25) is 0 Å². The predicted molar refractivity (Wildman–Crippen MR) is 111 cm³/mol. The highest BCUT2D eigenvalue weighted by molar-refractivity contribution is 5.95. The average Bonchev–Trinajstić information content (AvgIpc) is 2.71. The number of hydrogen-bond acceptors (Lipinski definition) is 5. The van der Waals surface area contributed by atoms with Gasteiger partial charge in [0.1, 0.15) is 5.56 Å². The molecule has 0 bridgehead atoms. The maximum absolute atomic E-state index is 12.3. The predicted octanol–water partition coefficient (Wildman–Crippen LogP) is 3.94. The second-order valence-electron chi connectivity index (χ2n) is 7.25. The van der Waals surface area contributed by atoms with Crippen molar-refractivity contribution >= 4 is 11.9 Å². The van der Waals surface area contributed by atoms with Gasteiger partial charge >= 0.3 is 5.97 Å². The summed E-state index contributed by atoms with van der Waals surface area (Å²) in [6.07, 6.45) is 1.02. The van der Waals surface area contributed by atoms with Crippen LogP contribution < -0.4 is 14.8 Å². The zero-order valence-electron chi connectivity index (χ0n) is 17.7. The van der Waals surface area contributed by atoms with Gasteiger partial charge < -0.3 is 19.5 Å². The summed E-state index contributed by atoms with van der Waals surface area (Å²) in [4.78, 5) is 24.5. The van der Waals surface area contributed by atoms with Gasteiger partial charge in [-0.25, -0.2) is 4.79 Å². The van der Waals surface area contributed by atoms with Gasteiger partial charge in [0, 0.05) is 0 Å². The molecule has 2 aromatic carbocycles. The van der Waals surface area contributed by atoms with Crippen molar-refractivity contribution in [2.24, 2.45) is 5.92 Å². The van der Waals surface area contributed by atoms with Crippen molar-refractivity contribution in [3.8, 4) is 11.5 Å². The lowest BCUT2D eigenvalue weighted by molar-refractivity contribution is -0.124. The minimum atomic E-state index is -0.651. The Hall–Kier alpha value is -3.02. The fourth-order valence-electron chi connectivity index (χ4n) is 3.04. The molecule has 1 N–H and O–H groups in total. The number of ether oxygens (including phenoxy) is 3. The molecular formula is C23H29NO5. The molecule has 6 heteroatoms. The van der Waals surface area contributed by atoms with Crippen molar-refractivity contribution in [1.29, 1.82) is 0 Å². The summed E-state index contributed by atoms with van der Waals surface area (Å²) in [5.41, 5.74) is 2.46. The highest BCUT2D eigenvalue weighted by Crippen LogP contribution is 2.31. The first-order valence-corrected chi connectivity index (χ1v) is 9.62. The standard InChI is InChI=1S/C23H29NO5/c1-15(2)13-17-9-11-18(12-10-17)16(3)24-21(25)14-29-23(26)19-7-6-8-20(27-4)22(19)28-5/h6-12,15-16H,13-14H2,1-5H3,(H,24,25)/t16-/m1/s1. The summed E-state index contributed by atoms with van der Waals surface area (Å²) in [5, 5.41) is 2.84. The second-order valence-corrected chi connectivity index (χ2v) is 7.25. The first-order valence-electron chi connectivity index (χ1n) is 9.62. The van der Waals surface area contributed by atoms with Gasteiger partial charge in [-0.3, -0.25) is 4.79 Å². The van der Waals surface area contributed by atoms with Crippen LogP contribution in [0.4, 0.5) is 0 Å². The first kappa shape index (κ1) is 22.3. The van der Waals surface area contributed by atoms with Crippen molar-refractivity contribution in [3.63, 3.8) is 0 Å². The Morgan fingerprint density at radius 3 is 2.24 bits per heavy atom. The van der Waals surface area contributed by atoms with Crippen LogP contribution >= 0.6 is 0 Å². The van der Waals surface area contributed by atoms with Crippen LogP contribution in [0.1, 0.15) is 48.3 Å². The molecule has 0 spiro atoms. The van der Waals surface area contributed by atoms with E-state index in [1.165, 1.54) is 19.8 Å². The molecule has 1 amide bonds. The van der Waals surface area contributed by atoms with Crippen molar-refractivity contribution in [1.82, 2.24) is 5.32 Å². The molecule has 0 aliphatic heterocycles. The topological polar surface area (TPSA) is 73.9 Å². The second kappa shape index (κ2) is 10.5. The Balaban J connectivity index is 1.92. The van der Waals surface area contributed by atoms with Crippen LogP contribution in [-0.2, 0) is 16.0 Å². The largest absolute Gasteiger partial charge is 0.493 e. The lowest BCUT2D eigenvalue weighted by Crippen LogP contribution is -2.31. The summed E-state index contributed by atoms with van der Waals surface area (Å²) in [6, 6.07) is 12.9. The Kier molecular flexibility index (Phi) is 8.07. The van der Waals surface area contributed by atoms with Crippen molar-refractivity contribution < 1.29 is 23.8 Å². The molecule has 156 valence electrons. The van der Waals surface area contributed by atoms with Crippen LogP contribution in [0.5, 0.6) is 11.5 Å². The van der Waals surface area contributed by atoms with Gasteiger partial charge in [0.15, 0.2) is 18.1 Å². The minimum absolute atomic E-state index is 0.194. The summed E-state index contributed by atoms with van der Waals surface area (Å²) < 4.78 is 15.5. The molecule has 0 aromatic heterocycles. The van der Waals surface area contributed by atoms with E-state index in [2.05, 4.69) is 31.3 Å². The third-order valence-corrected chi connectivity index (χ3v) is 4.46. The Morgan fingerprint density at radius 2 is 1.66 bits per heavy atom. The molecule has 0 aliphatic carbocycles. The number of carbonyl (C=O) groups is 2. The lowest BCUT2D eigenvalue weighted by Gasteiger charge is -2.16. The highest BCUT2D eigenvalue weighted by Gasteiger charge is 2.19. The molecule has 6 nitrogen and oxygen atoms in total. The number of rotatable bonds is 9. The van der Waals surface area contributed by atoms with Gasteiger partial charge in [-0.05, 0) is 42.5 Å². The van der Waals surface area contributed by atoms with Gasteiger partial charge in [0.25, 0.3) is 5.91 Å². The molecule has 1 atom stereocenters. The molecule has 0 heterocycles. The van der Waals surface area contributed by atoms with Crippen molar-refractivity contribution in [2.45, 2.75) is 33.2 Å². The highest BCUT2D eigenvalue weighted by atomic mass is 16.5. The van der Waals surface area contributed by atoms with E-state index in [1.54, 1.807) is 18.2 Å². The molecule has 2 rings (SSSR count). The van der Waals surface area contributed by atoms with Crippen molar-refractivity contribution in [3.05, 3.63) is 59.2 Å². The summed E-state index contributed by atoms with van der Waals surface area (Å²) in [7, 11) is 2.92. The van der Waals surface area contributed by atoms with E-state index in [1.807, 2.05) is 19.1 Å². The molecule has 0 saturated carbocycles. The number of amides is 1. The molecule has 0 saturated heterocycles. The molecule has 29 heavy (non-hydrogen) atoms. The van der Waals surface area contributed by atoms with E-state index >= 15 is 0 Å². The van der Waals surface area contributed by atoms with E-state index < -0.39 is 5.97 Å². The Labute approximate surface area is 172 Å². The van der Waals surface area contributed by atoms with Crippen LogP contribution in [0.15, 0.2) is 42.5 Å². The van der Waals surface area contributed by atoms with Crippen molar-refractivity contribution in [2.75, 3.05) is 20.8 Å². The Morgan fingerprint density at radius 1 is 0.966 bits per heavy atom. The average molecular weight is 399 g/mol. The molecule has 0 radical (unpaired) electrons. The van der Waals surface area contributed by atoms with Crippen LogP contribution in [0.3, 0.4) is 0 Å². The number of hydrogen-bond donors (Lipinski definition) is 1. The summed E-state index contributed by atoms with van der Waals surface area (Å²) in [5.74, 6) is 0.257. The van der Waals surface area contributed by atoms with Gasteiger partial charge in [0.05, 0.1) is 20.3 Å². The minimum Gasteiger partial charge on any atom is -0.493 e. The van der Waals surface area contributed by atoms with Crippen LogP contribution in [0.2, 0.25) is 0 Å². The van der Waals surface area contributed by atoms with E-state index in [0.29, 0.717) is 11.7 Å². The third kappa shape index (κ3) is 6.24. The van der Waals surface area contributed by atoms with E-state index in [0.717, 1.165) is 12.0 Å². The van der Waals surface area contributed by atoms with Gasteiger partial charge in [-0.15, -0.1) is 0 Å². The SMILES string of the molecule is COc1cccc(C(=O)OCC(=O)N[C@H](C)c2ccc(CC(C)C)cc2)c1OC. The number of methoxy groups -OCH3 is 2. The monoisotopic (exact) mass is 399 g/mol. The normalized spacial score (nSPS) is 11.7.